The average Bonchev–Trinajstić information content (AvgIpc) is 2.82. The zero-order valence-electron chi connectivity index (χ0n) is 11.5. The van der Waals surface area contributed by atoms with Gasteiger partial charge in [-0.05, 0) is 32.0 Å². The fraction of sp³-hybridized carbons (Fsp3) is 0.462. The summed E-state index contributed by atoms with van der Waals surface area (Å²) in [5, 5.41) is 21.3. The van der Waals surface area contributed by atoms with Crippen molar-refractivity contribution < 1.29 is 9.90 Å². The molecule has 108 valence electrons. The Bertz CT molecular complexity index is 601. The van der Waals surface area contributed by atoms with Crippen LogP contribution in [0.2, 0.25) is 0 Å². The summed E-state index contributed by atoms with van der Waals surface area (Å²) in [6.45, 7) is 4.24. The molecule has 0 aromatic carbocycles. The lowest BCUT2D eigenvalue weighted by Gasteiger charge is -2.25. The number of hydrogen-bond acceptors (Lipinski definition) is 5. The van der Waals surface area contributed by atoms with Crippen LogP contribution in [0, 0.1) is 0 Å². The van der Waals surface area contributed by atoms with E-state index >= 15 is 0 Å². The van der Waals surface area contributed by atoms with Gasteiger partial charge in [-0.25, -0.2) is 0 Å². The van der Waals surface area contributed by atoms with Crippen LogP contribution in [0.25, 0.3) is 5.65 Å². The molecule has 0 aliphatic heterocycles. The van der Waals surface area contributed by atoms with E-state index in [4.69, 9.17) is 0 Å². The summed E-state index contributed by atoms with van der Waals surface area (Å²) in [7, 11) is 0. The summed E-state index contributed by atoms with van der Waals surface area (Å²) < 4.78 is 1.90. The summed E-state index contributed by atoms with van der Waals surface area (Å²) in [5.74, 6) is -0.170. The van der Waals surface area contributed by atoms with Crippen LogP contribution >= 0.6 is 11.8 Å². The number of hydrogen-bond donors (Lipinski definition) is 2. The molecule has 20 heavy (non-hydrogen) atoms. The Morgan fingerprint density at radius 2 is 2.30 bits per heavy atom. The van der Waals surface area contributed by atoms with Crippen molar-refractivity contribution >= 4 is 23.4 Å². The third-order valence-corrected chi connectivity index (χ3v) is 4.10. The van der Waals surface area contributed by atoms with Crippen LogP contribution < -0.4 is 5.32 Å². The minimum atomic E-state index is -0.901. The van der Waals surface area contributed by atoms with Crippen molar-refractivity contribution in [2.75, 3.05) is 12.3 Å². The predicted octanol–water partition coefficient (Wildman–Crippen LogP) is 1.66. The van der Waals surface area contributed by atoms with E-state index in [9.17, 15) is 9.90 Å². The minimum Gasteiger partial charge on any atom is -0.480 e. The van der Waals surface area contributed by atoms with Crippen LogP contribution in [0.15, 0.2) is 29.6 Å². The largest absolute Gasteiger partial charge is 0.480 e. The normalized spacial score (nSPS) is 14.3. The Morgan fingerprint density at radius 1 is 1.50 bits per heavy atom. The summed E-state index contributed by atoms with van der Waals surface area (Å²) >= 11 is 1.51. The first-order valence-electron chi connectivity index (χ1n) is 6.48. The molecule has 0 aliphatic rings. The molecule has 0 bridgehead atoms. The van der Waals surface area contributed by atoms with Gasteiger partial charge < -0.3 is 10.4 Å². The molecule has 0 saturated carbocycles. The number of carboxylic acids is 1. The van der Waals surface area contributed by atoms with Gasteiger partial charge in [-0.1, -0.05) is 24.8 Å². The topological polar surface area (TPSA) is 79.5 Å². The molecular weight excluding hydrogens is 276 g/mol. The lowest BCUT2D eigenvalue weighted by Crippen LogP contribution is -2.49. The van der Waals surface area contributed by atoms with Crippen molar-refractivity contribution in [1.82, 2.24) is 19.9 Å². The molecular formula is C13H18N4O2S. The van der Waals surface area contributed by atoms with E-state index in [1.165, 1.54) is 11.8 Å². The average molecular weight is 294 g/mol. The number of thioether (sulfide) groups is 1. The van der Waals surface area contributed by atoms with Gasteiger partial charge in [-0.2, -0.15) is 0 Å². The molecule has 6 nitrogen and oxygen atoms in total. The lowest BCUT2D eigenvalue weighted by atomic mass is 9.99. The van der Waals surface area contributed by atoms with Gasteiger partial charge in [0, 0.05) is 11.9 Å². The second-order valence-electron chi connectivity index (χ2n) is 4.68. The van der Waals surface area contributed by atoms with Crippen molar-refractivity contribution in [3.05, 3.63) is 24.4 Å². The quantitative estimate of drug-likeness (QED) is 0.756. The summed E-state index contributed by atoms with van der Waals surface area (Å²) in [4.78, 5) is 11.3. The van der Waals surface area contributed by atoms with Crippen molar-refractivity contribution in [2.24, 2.45) is 0 Å². The first-order valence-corrected chi connectivity index (χ1v) is 7.46. The summed E-state index contributed by atoms with van der Waals surface area (Å²) in [5.41, 5.74) is -0.106. The van der Waals surface area contributed by atoms with E-state index in [1.807, 2.05) is 35.7 Å². The summed E-state index contributed by atoms with van der Waals surface area (Å²) in [6, 6.07) is 5.71. The number of fused-ring (bicyclic) bond motifs is 1. The molecule has 1 unspecified atom stereocenters. The van der Waals surface area contributed by atoms with Gasteiger partial charge in [0.15, 0.2) is 10.8 Å². The molecule has 2 heterocycles. The van der Waals surface area contributed by atoms with E-state index in [0.717, 1.165) is 10.8 Å². The van der Waals surface area contributed by atoms with Crippen molar-refractivity contribution in [3.63, 3.8) is 0 Å². The van der Waals surface area contributed by atoms with Gasteiger partial charge in [0.2, 0.25) is 0 Å². The molecule has 2 N–H and O–H groups in total. The smallest absolute Gasteiger partial charge is 0.323 e. The van der Waals surface area contributed by atoms with Gasteiger partial charge in [0.1, 0.15) is 5.54 Å². The first-order chi connectivity index (χ1) is 9.57. The van der Waals surface area contributed by atoms with E-state index in [-0.39, 0.29) is 0 Å². The van der Waals surface area contributed by atoms with Gasteiger partial charge in [-0.15, -0.1) is 10.2 Å². The number of likely N-dealkylation sites (N-methyl/N-ethyl adjacent to an activating group) is 1. The third-order valence-electron chi connectivity index (χ3n) is 3.15. The molecule has 2 aromatic heterocycles. The van der Waals surface area contributed by atoms with E-state index in [2.05, 4.69) is 15.5 Å². The van der Waals surface area contributed by atoms with Crippen molar-refractivity contribution in [3.8, 4) is 0 Å². The zero-order valence-corrected chi connectivity index (χ0v) is 12.4. The molecule has 2 aromatic rings. The summed E-state index contributed by atoms with van der Waals surface area (Å²) in [6.07, 6.45) is 2.42. The van der Waals surface area contributed by atoms with Crippen molar-refractivity contribution in [2.45, 2.75) is 31.0 Å². The number of aromatic nitrogens is 3. The number of pyridine rings is 1. The Hall–Kier alpha value is -1.60. The highest BCUT2D eigenvalue weighted by atomic mass is 32.2. The molecule has 0 amide bonds. The fourth-order valence-electron chi connectivity index (χ4n) is 1.93. The molecule has 2 rings (SSSR count). The molecule has 7 heteroatoms. The fourth-order valence-corrected chi connectivity index (χ4v) is 3.01. The Morgan fingerprint density at radius 3 is 3.00 bits per heavy atom. The highest BCUT2D eigenvalue weighted by Crippen LogP contribution is 2.21. The van der Waals surface area contributed by atoms with E-state index < -0.39 is 11.5 Å². The maximum Gasteiger partial charge on any atom is 0.323 e. The maximum absolute atomic E-state index is 11.3. The van der Waals surface area contributed by atoms with Gasteiger partial charge in [0.05, 0.1) is 0 Å². The van der Waals surface area contributed by atoms with Crippen LogP contribution in [0.5, 0.6) is 0 Å². The molecule has 0 fully saturated rings. The molecule has 0 radical (unpaired) electrons. The SMILES string of the molecule is CCNC(C)(CCSc1nnc2ccccn12)C(=O)O. The predicted molar refractivity (Wildman–Crippen MR) is 78.0 cm³/mol. The van der Waals surface area contributed by atoms with Crippen LogP contribution in [-0.4, -0.2) is 43.5 Å². The molecule has 1 atom stereocenters. The number of nitrogens with one attached hydrogen (secondary N) is 1. The molecule has 0 spiro atoms. The second kappa shape index (κ2) is 6.23. The van der Waals surface area contributed by atoms with Crippen molar-refractivity contribution in [1.29, 1.82) is 0 Å². The molecule has 0 aliphatic carbocycles. The first kappa shape index (κ1) is 14.8. The Kier molecular flexibility index (Phi) is 4.61. The van der Waals surface area contributed by atoms with E-state index in [0.29, 0.717) is 18.7 Å². The lowest BCUT2D eigenvalue weighted by molar-refractivity contribution is -0.144. The maximum atomic E-state index is 11.3. The Labute approximate surface area is 121 Å². The number of aliphatic carboxylic acids is 1. The van der Waals surface area contributed by atoms with Crippen LogP contribution in [0.4, 0.5) is 0 Å². The number of rotatable bonds is 7. The number of carbonyl (C=O) groups is 1. The second-order valence-corrected chi connectivity index (χ2v) is 5.74. The zero-order chi connectivity index (χ0) is 14.6. The Balaban J connectivity index is 2.00. The third kappa shape index (κ3) is 3.10. The molecule has 0 saturated heterocycles. The highest BCUT2D eigenvalue weighted by Gasteiger charge is 2.31. The number of nitrogens with zero attached hydrogens (tertiary/aromatic N) is 3. The van der Waals surface area contributed by atoms with Crippen LogP contribution in [-0.2, 0) is 4.79 Å². The standard InChI is InChI=1S/C13H18N4O2S/c1-3-14-13(2,11(18)19)7-9-20-12-16-15-10-6-4-5-8-17(10)12/h4-6,8,14H,3,7,9H2,1-2H3,(H,18,19). The van der Waals surface area contributed by atoms with E-state index in [1.54, 1.807) is 6.92 Å². The van der Waals surface area contributed by atoms with Gasteiger partial charge >= 0.3 is 5.97 Å². The van der Waals surface area contributed by atoms with Gasteiger partial charge in [0.25, 0.3) is 0 Å². The van der Waals surface area contributed by atoms with Crippen LogP contribution in [0.3, 0.4) is 0 Å². The van der Waals surface area contributed by atoms with Crippen LogP contribution in [0.1, 0.15) is 20.3 Å². The van der Waals surface area contributed by atoms with Gasteiger partial charge in [-0.3, -0.25) is 9.20 Å². The monoisotopic (exact) mass is 294 g/mol. The highest BCUT2D eigenvalue weighted by molar-refractivity contribution is 7.99. The number of carboxylic acid groups (broad SMARTS) is 1. The minimum absolute atomic E-state index is 0.516.